The van der Waals surface area contributed by atoms with Gasteiger partial charge >= 0.3 is 5.97 Å². The first-order valence-corrected chi connectivity index (χ1v) is 11.5. The lowest BCUT2D eigenvalue weighted by Gasteiger charge is -2.27. The SMILES string of the molecule is Cc1cc(C(=O)OCC(=O)N2N=C3C(=Cc4ccco4)CCCC3C2c2ccco2)ccc1[N+](=O)[O-]. The van der Waals surface area contributed by atoms with Crippen molar-refractivity contribution in [2.24, 2.45) is 11.0 Å². The molecular formula is C26H23N3O7. The summed E-state index contributed by atoms with van der Waals surface area (Å²) in [5.41, 5.74) is 2.14. The van der Waals surface area contributed by atoms with E-state index in [0.29, 0.717) is 17.1 Å². The van der Waals surface area contributed by atoms with Gasteiger partial charge in [-0.2, -0.15) is 5.10 Å². The molecule has 2 unspecified atom stereocenters. The molecule has 10 nitrogen and oxygen atoms in total. The van der Waals surface area contributed by atoms with Crippen molar-refractivity contribution in [3.8, 4) is 0 Å². The second kappa shape index (κ2) is 9.65. The zero-order valence-corrected chi connectivity index (χ0v) is 19.5. The summed E-state index contributed by atoms with van der Waals surface area (Å²) in [7, 11) is 0. The van der Waals surface area contributed by atoms with Crippen LogP contribution in [0.5, 0.6) is 0 Å². The fourth-order valence-corrected chi connectivity index (χ4v) is 4.75. The normalized spacial score (nSPS) is 20.2. The Morgan fingerprint density at radius 1 is 1.22 bits per heavy atom. The van der Waals surface area contributed by atoms with Gasteiger partial charge in [0.15, 0.2) is 6.61 Å². The van der Waals surface area contributed by atoms with Crippen LogP contribution in [-0.4, -0.2) is 34.1 Å². The largest absolute Gasteiger partial charge is 0.467 e. The van der Waals surface area contributed by atoms with E-state index >= 15 is 0 Å². The molecule has 2 aromatic heterocycles. The third-order valence-corrected chi connectivity index (χ3v) is 6.41. The number of aryl methyl sites for hydroxylation is 1. The molecule has 2 aliphatic rings. The number of nitro benzene ring substituents is 1. The zero-order chi connectivity index (χ0) is 25.2. The summed E-state index contributed by atoms with van der Waals surface area (Å²) in [6.07, 6.45) is 7.64. The van der Waals surface area contributed by atoms with Gasteiger partial charge in [-0.1, -0.05) is 0 Å². The maximum Gasteiger partial charge on any atom is 0.338 e. The molecule has 0 saturated heterocycles. The molecule has 1 amide bonds. The van der Waals surface area contributed by atoms with Crippen LogP contribution in [-0.2, 0) is 9.53 Å². The highest BCUT2D eigenvalue weighted by Gasteiger charge is 2.45. The number of nitrogens with zero attached hydrogens (tertiary/aromatic N) is 3. The number of furan rings is 2. The molecule has 0 bridgehead atoms. The smallest absolute Gasteiger partial charge is 0.338 e. The summed E-state index contributed by atoms with van der Waals surface area (Å²) in [6.45, 7) is 0.997. The summed E-state index contributed by atoms with van der Waals surface area (Å²) < 4.78 is 16.4. The molecule has 1 aliphatic heterocycles. The topological polar surface area (TPSA) is 128 Å². The number of hydrogen-bond donors (Lipinski definition) is 0. The predicted molar refractivity (Wildman–Crippen MR) is 128 cm³/mol. The van der Waals surface area contributed by atoms with Crippen molar-refractivity contribution in [1.29, 1.82) is 0 Å². The number of fused-ring (bicyclic) bond motifs is 1. The fourth-order valence-electron chi connectivity index (χ4n) is 4.75. The van der Waals surface area contributed by atoms with E-state index in [4.69, 9.17) is 13.6 Å². The molecule has 1 fully saturated rings. The van der Waals surface area contributed by atoms with Gasteiger partial charge in [0.05, 0.1) is 28.7 Å². The van der Waals surface area contributed by atoms with E-state index in [9.17, 15) is 19.7 Å². The van der Waals surface area contributed by atoms with Gasteiger partial charge in [0, 0.05) is 17.5 Å². The van der Waals surface area contributed by atoms with Gasteiger partial charge in [-0.15, -0.1) is 0 Å². The quantitative estimate of drug-likeness (QED) is 0.269. The molecule has 5 rings (SSSR count). The zero-order valence-electron chi connectivity index (χ0n) is 19.5. The van der Waals surface area contributed by atoms with Gasteiger partial charge < -0.3 is 13.6 Å². The Morgan fingerprint density at radius 2 is 2.03 bits per heavy atom. The Bertz CT molecular complexity index is 1360. The second-order valence-electron chi connectivity index (χ2n) is 8.70. The molecule has 36 heavy (non-hydrogen) atoms. The Morgan fingerprint density at radius 3 is 2.72 bits per heavy atom. The number of carbonyl (C=O) groups is 2. The molecule has 1 saturated carbocycles. The Labute approximate surface area is 206 Å². The standard InChI is InChI=1S/C26H23N3O7/c1-16-13-18(9-10-21(16)29(32)33)26(31)36-15-23(30)28-25(22-8-4-12-35-22)20-7-2-5-17(24(20)27-28)14-19-6-3-11-34-19/h3-4,6,8-14,20,25H,2,5,7,15H2,1H3. The molecule has 0 spiro atoms. The minimum atomic E-state index is -0.751. The van der Waals surface area contributed by atoms with Crippen LogP contribution in [0.25, 0.3) is 6.08 Å². The Balaban J connectivity index is 1.37. The van der Waals surface area contributed by atoms with E-state index in [-0.39, 0.29) is 17.2 Å². The molecule has 10 heteroatoms. The van der Waals surface area contributed by atoms with Crippen molar-refractivity contribution in [2.45, 2.75) is 32.2 Å². The number of ether oxygens (including phenoxy) is 1. The molecule has 0 N–H and O–H groups in total. The van der Waals surface area contributed by atoms with Gasteiger partial charge in [-0.05, 0) is 74.2 Å². The average Bonchev–Trinajstić information content (AvgIpc) is 3.63. The molecule has 0 radical (unpaired) electrons. The molecule has 3 heterocycles. The summed E-state index contributed by atoms with van der Waals surface area (Å²) in [5, 5.41) is 17.0. The first-order valence-electron chi connectivity index (χ1n) is 11.5. The highest BCUT2D eigenvalue weighted by molar-refractivity contribution is 6.08. The van der Waals surface area contributed by atoms with Crippen LogP contribution in [0.2, 0.25) is 0 Å². The number of amides is 1. The summed E-state index contributed by atoms with van der Waals surface area (Å²) >= 11 is 0. The number of esters is 1. The van der Waals surface area contributed by atoms with Crippen LogP contribution in [0.4, 0.5) is 5.69 Å². The van der Waals surface area contributed by atoms with Crippen molar-refractivity contribution < 1.29 is 28.1 Å². The van der Waals surface area contributed by atoms with E-state index in [1.165, 1.54) is 30.1 Å². The summed E-state index contributed by atoms with van der Waals surface area (Å²) in [5.74, 6) is -0.00653. The van der Waals surface area contributed by atoms with E-state index in [0.717, 1.165) is 30.5 Å². The lowest BCUT2D eigenvalue weighted by Crippen LogP contribution is -2.34. The minimum Gasteiger partial charge on any atom is -0.467 e. The highest BCUT2D eigenvalue weighted by atomic mass is 16.6. The molecule has 1 aromatic carbocycles. The fraction of sp³-hybridized carbons (Fsp3) is 0.269. The van der Waals surface area contributed by atoms with Crippen LogP contribution >= 0.6 is 0 Å². The van der Waals surface area contributed by atoms with Gasteiger partial charge in [-0.3, -0.25) is 14.9 Å². The van der Waals surface area contributed by atoms with Crippen molar-refractivity contribution in [3.63, 3.8) is 0 Å². The van der Waals surface area contributed by atoms with E-state index in [2.05, 4.69) is 5.10 Å². The lowest BCUT2D eigenvalue weighted by atomic mass is 9.79. The van der Waals surface area contributed by atoms with Gasteiger partial charge in [-0.25, -0.2) is 9.80 Å². The van der Waals surface area contributed by atoms with Crippen molar-refractivity contribution in [2.75, 3.05) is 6.61 Å². The van der Waals surface area contributed by atoms with Crippen molar-refractivity contribution in [1.82, 2.24) is 5.01 Å². The summed E-state index contributed by atoms with van der Waals surface area (Å²) in [6, 6.07) is 10.7. The third-order valence-electron chi connectivity index (χ3n) is 6.41. The molecule has 184 valence electrons. The first-order chi connectivity index (χ1) is 17.4. The first kappa shape index (κ1) is 23.3. The van der Waals surface area contributed by atoms with Crippen molar-refractivity contribution >= 4 is 29.4 Å². The maximum absolute atomic E-state index is 13.2. The van der Waals surface area contributed by atoms with E-state index < -0.39 is 29.4 Å². The monoisotopic (exact) mass is 489 g/mol. The van der Waals surface area contributed by atoms with Crippen LogP contribution < -0.4 is 0 Å². The number of allylic oxidation sites excluding steroid dienone is 1. The van der Waals surface area contributed by atoms with Crippen LogP contribution in [0.3, 0.4) is 0 Å². The van der Waals surface area contributed by atoms with Crippen LogP contribution in [0.1, 0.15) is 52.7 Å². The van der Waals surface area contributed by atoms with E-state index in [1.807, 2.05) is 18.2 Å². The molecule has 2 atom stereocenters. The number of rotatable bonds is 6. The van der Waals surface area contributed by atoms with Crippen molar-refractivity contribution in [3.05, 3.63) is 93.3 Å². The Kier molecular flexibility index (Phi) is 6.24. The van der Waals surface area contributed by atoms with Gasteiger partial charge in [0.2, 0.25) is 0 Å². The number of benzene rings is 1. The Hall–Kier alpha value is -4.47. The van der Waals surface area contributed by atoms with Gasteiger partial charge in [0.1, 0.15) is 17.6 Å². The average molecular weight is 489 g/mol. The number of hydrogen-bond acceptors (Lipinski definition) is 8. The maximum atomic E-state index is 13.2. The highest BCUT2D eigenvalue weighted by Crippen LogP contribution is 2.44. The number of hydrazone groups is 1. The number of carbonyl (C=O) groups excluding carboxylic acids is 2. The molecule has 3 aromatic rings. The minimum absolute atomic E-state index is 0.0666. The second-order valence-corrected chi connectivity index (χ2v) is 8.70. The molecule has 1 aliphatic carbocycles. The van der Waals surface area contributed by atoms with Crippen LogP contribution in [0.15, 0.2) is 74.5 Å². The summed E-state index contributed by atoms with van der Waals surface area (Å²) in [4.78, 5) is 36.3. The van der Waals surface area contributed by atoms with E-state index in [1.54, 1.807) is 24.7 Å². The molecular weight excluding hydrogens is 466 g/mol. The third kappa shape index (κ3) is 4.45. The predicted octanol–water partition coefficient (Wildman–Crippen LogP) is 5.07. The van der Waals surface area contributed by atoms with Gasteiger partial charge in [0.25, 0.3) is 11.6 Å². The number of nitro groups is 1. The van der Waals surface area contributed by atoms with Crippen LogP contribution in [0, 0.1) is 23.0 Å². The lowest BCUT2D eigenvalue weighted by molar-refractivity contribution is -0.385.